The summed E-state index contributed by atoms with van der Waals surface area (Å²) in [5, 5.41) is 3.02. The number of nitrogens with zero attached hydrogens (tertiary/aromatic N) is 1. The molecule has 0 radical (unpaired) electrons. The van der Waals surface area contributed by atoms with Crippen LogP contribution in [-0.4, -0.2) is 30.6 Å². The number of fused-ring (bicyclic) bond motifs is 1. The number of hydrogen-bond acceptors (Lipinski definition) is 5. The molecule has 1 N–H and O–H groups in total. The number of carbonyl (C=O) groups excluding carboxylic acids is 1. The molecule has 2 atom stereocenters. The van der Waals surface area contributed by atoms with Crippen LogP contribution in [0.25, 0.3) is 11.1 Å². The molecule has 1 aliphatic carbocycles. The number of oxazole rings is 1. The van der Waals surface area contributed by atoms with Crippen molar-refractivity contribution in [3.05, 3.63) is 53.7 Å². The molecule has 168 valence electrons. The Balaban J connectivity index is 1.33. The van der Waals surface area contributed by atoms with Gasteiger partial charge in [0.25, 0.3) is 0 Å². The van der Waals surface area contributed by atoms with E-state index in [1.54, 1.807) is 13.2 Å². The lowest BCUT2D eigenvalue weighted by molar-refractivity contribution is -0.127. The Morgan fingerprint density at radius 2 is 2.00 bits per heavy atom. The highest BCUT2D eigenvalue weighted by atomic mass is 19.1. The Morgan fingerprint density at radius 1 is 1.16 bits per heavy atom. The molecule has 1 aromatic heterocycles. The van der Waals surface area contributed by atoms with E-state index in [0.717, 1.165) is 29.9 Å². The smallest absolute Gasteiger partial charge is 0.223 e. The summed E-state index contributed by atoms with van der Waals surface area (Å²) in [5.41, 5.74) is 2.11. The normalized spacial score (nSPS) is 21.6. The number of benzene rings is 2. The fourth-order valence-electron chi connectivity index (χ4n) is 4.80. The minimum absolute atomic E-state index is 0.00868. The molecule has 1 aliphatic heterocycles. The molecule has 2 heterocycles. The third-order valence-corrected chi connectivity index (χ3v) is 6.53. The van der Waals surface area contributed by atoms with E-state index in [9.17, 15) is 9.18 Å². The summed E-state index contributed by atoms with van der Waals surface area (Å²) >= 11 is 0. The number of rotatable bonds is 6. The number of nitrogens with one attached hydrogen (secondary N) is 1. The molecule has 0 bridgehead atoms. The number of carbonyl (C=O) groups is 1. The predicted octanol–water partition coefficient (Wildman–Crippen LogP) is 4.76. The zero-order valence-electron chi connectivity index (χ0n) is 18.1. The van der Waals surface area contributed by atoms with E-state index >= 15 is 0 Å². The van der Waals surface area contributed by atoms with E-state index in [2.05, 4.69) is 16.4 Å². The number of halogens is 1. The van der Waals surface area contributed by atoms with Crippen molar-refractivity contribution in [1.82, 2.24) is 10.3 Å². The van der Waals surface area contributed by atoms with E-state index in [0.29, 0.717) is 36.4 Å². The fraction of sp³-hybridized carbons (Fsp3) is 0.440. The van der Waals surface area contributed by atoms with E-state index in [-0.39, 0.29) is 29.7 Å². The number of methoxy groups -OCH3 is 1. The monoisotopic (exact) mass is 438 g/mol. The molecular formula is C25H27FN2O4. The van der Waals surface area contributed by atoms with Crippen molar-refractivity contribution in [2.24, 2.45) is 5.92 Å². The standard InChI is InChI=1S/C25H27FN2O4/c1-30-22-8-6-15(11-23(22)31-19-4-2-3-5-19)17-10-16(25(29)27-14-17)12-24-28-20-13-18(26)7-9-21(20)32-24/h6-9,11,13,16-17,19H,2-5,10,12,14H2,1H3,(H,27,29)/t16-,17-/m1/s1. The van der Waals surface area contributed by atoms with Crippen LogP contribution in [-0.2, 0) is 11.2 Å². The molecule has 32 heavy (non-hydrogen) atoms. The van der Waals surface area contributed by atoms with Gasteiger partial charge in [0.15, 0.2) is 23.0 Å². The highest BCUT2D eigenvalue weighted by molar-refractivity contribution is 5.80. The lowest BCUT2D eigenvalue weighted by atomic mass is 9.83. The first-order valence-corrected chi connectivity index (χ1v) is 11.3. The van der Waals surface area contributed by atoms with Crippen molar-refractivity contribution < 1.29 is 23.1 Å². The molecule has 6 nitrogen and oxygen atoms in total. The largest absolute Gasteiger partial charge is 0.493 e. The van der Waals surface area contributed by atoms with Gasteiger partial charge in [-0.05, 0) is 61.9 Å². The number of hydrogen-bond donors (Lipinski definition) is 1. The highest BCUT2D eigenvalue weighted by Crippen LogP contribution is 2.37. The van der Waals surface area contributed by atoms with Crippen molar-refractivity contribution in [2.45, 2.75) is 50.5 Å². The van der Waals surface area contributed by atoms with Crippen LogP contribution in [0.2, 0.25) is 0 Å². The molecule has 2 aliphatic rings. The molecule has 1 amide bonds. The Hall–Kier alpha value is -3.09. The first-order valence-electron chi connectivity index (χ1n) is 11.3. The molecule has 2 aromatic carbocycles. The number of aromatic nitrogens is 1. The van der Waals surface area contributed by atoms with Crippen LogP contribution in [0.15, 0.2) is 40.8 Å². The van der Waals surface area contributed by atoms with Crippen LogP contribution in [0.3, 0.4) is 0 Å². The van der Waals surface area contributed by atoms with Gasteiger partial charge in [-0.1, -0.05) is 6.07 Å². The minimum atomic E-state index is -0.358. The van der Waals surface area contributed by atoms with Gasteiger partial charge in [0.2, 0.25) is 5.91 Å². The third-order valence-electron chi connectivity index (χ3n) is 6.53. The topological polar surface area (TPSA) is 73.6 Å². The molecule has 2 fully saturated rings. The quantitative estimate of drug-likeness (QED) is 0.601. The zero-order valence-corrected chi connectivity index (χ0v) is 18.1. The summed E-state index contributed by atoms with van der Waals surface area (Å²) in [4.78, 5) is 16.9. The lowest BCUT2D eigenvalue weighted by Crippen LogP contribution is -2.41. The fourth-order valence-corrected chi connectivity index (χ4v) is 4.80. The van der Waals surface area contributed by atoms with Gasteiger partial charge in [-0.2, -0.15) is 0 Å². The van der Waals surface area contributed by atoms with Crippen molar-refractivity contribution in [2.75, 3.05) is 13.7 Å². The summed E-state index contributed by atoms with van der Waals surface area (Å²) in [7, 11) is 1.65. The maximum Gasteiger partial charge on any atom is 0.223 e. The summed E-state index contributed by atoms with van der Waals surface area (Å²) in [6.45, 7) is 0.573. The summed E-state index contributed by atoms with van der Waals surface area (Å²) in [6.07, 6.45) is 5.83. The molecule has 7 heteroatoms. The molecule has 3 aromatic rings. The second kappa shape index (κ2) is 8.81. The summed E-state index contributed by atoms with van der Waals surface area (Å²) in [6, 6.07) is 10.3. The van der Waals surface area contributed by atoms with Gasteiger partial charge in [0.05, 0.1) is 13.2 Å². The molecule has 0 spiro atoms. The van der Waals surface area contributed by atoms with Crippen molar-refractivity contribution >= 4 is 17.0 Å². The maximum atomic E-state index is 13.5. The van der Waals surface area contributed by atoms with Crippen LogP contribution in [0.5, 0.6) is 11.5 Å². The van der Waals surface area contributed by atoms with Gasteiger partial charge >= 0.3 is 0 Å². The predicted molar refractivity (Wildman–Crippen MR) is 117 cm³/mol. The lowest BCUT2D eigenvalue weighted by Gasteiger charge is -2.29. The Kier molecular flexibility index (Phi) is 5.72. The zero-order chi connectivity index (χ0) is 22.1. The van der Waals surface area contributed by atoms with Crippen LogP contribution in [0.1, 0.15) is 49.5 Å². The van der Waals surface area contributed by atoms with Crippen LogP contribution < -0.4 is 14.8 Å². The highest BCUT2D eigenvalue weighted by Gasteiger charge is 2.31. The van der Waals surface area contributed by atoms with Crippen LogP contribution in [0, 0.1) is 11.7 Å². The van der Waals surface area contributed by atoms with Crippen LogP contribution in [0.4, 0.5) is 4.39 Å². The summed E-state index contributed by atoms with van der Waals surface area (Å²) in [5.74, 6) is 1.46. The van der Waals surface area contributed by atoms with Crippen molar-refractivity contribution in [1.29, 1.82) is 0 Å². The first kappa shape index (κ1) is 20.8. The van der Waals surface area contributed by atoms with Crippen molar-refractivity contribution in [3.8, 4) is 11.5 Å². The van der Waals surface area contributed by atoms with Gasteiger partial charge in [0.1, 0.15) is 11.3 Å². The SMILES string of the molecule is COc1ccc([C@H]2CNC(=O)[C@@H](Cc3nc4cc(F)ccc4o3)C2)cc1OC1CCCC1. The maximum absolute atomic E-state index is 13.5. The average Bonchev–Trinajstić information content (AvgIpc) is 3.44. The van der Waals surface area contributed by atoms with Crippen LogP contribution >= 0.6 is 0 Å². The molecular weight excluding hydrogens is 411 g/mol. The average molecular weight is 438 g/mol. The molecule has 1 saturated heterocycles. The Morgan fingerprint density at radius 3 is 2.81 bits per heavy atom. The number of piperidine rings is 1. The number of ether oxygens (including phenoxy) is 2. The van der Waals surface area contributed by atoms with Gasteiger partial charge in [-0.25, -0.2) is 9.37 Å². The van der Waals surface area contributed by atoms with E-state index in [1.165, 1.54) is 25.0 Å². The minimum Gasteiger partial charge on any atom is -0.493 e. The number of amides is 1. The molecule has 5 rings (SSSR count). The first-order chi connectivity index (χ1) is 15.6. The van der Waals surface area contributed by atoms with Gasteiger partial charge in [-0.15, -0.1) is 0 Å². The van der Waals surface area contributed by atoms with Crippen molar-refractivity contribution in [3.63, 3.8) is 0 Å². The van der Waals surface area contributed by atoms with E-state index in [1.807, 2.05) is 12.1 Å². The van der Waals surface area contributed by atoms with E-state index < -0.39 is 0 Å². The molecule has 1 saturated carbocycles. The van der Waals surface area contributed by atoms with E-state index in [4.69, 9.17) is 13.9 Å². The Labute approximate surface area is 186 Å². The second-order valence-electron chi connectivity index (χ2n) is 8.73. The van der Waals surface area contributed by atoms with Gasteiger partial charge in [-0.3, -0.25) is 4.79 Å². The Bertz CT molecular complexity index is 1120. The van der Waals surface area contributed by atoms with Gasteiger partial charge < -0.3 is 19.2 Å². The molecule has 0 unspecified atom stereocenters. The third kappa shape index (κ3) is 4.29. The second-order valence-corrected chi connectivity index (χ2v) is 8.73. The van der Waals surface area contributed by atoms with Gasteiger partial charge in [0, 0.05) is 30.9 Å². The summed E-state index contributed by atoms with van der Waals surface area (Å²) < 4.78 is 31.0.